The molecule has 1 aromatic carbocycles. The molecule has 0 saturated heterocycles. The van der Waals surface area contributed by atoms with Crippen LogP contribution in [0.5, 0.6) is 5.75 Å². The third kappa shape index (κ3) is 4.92. The van der Waals surface area contributed by atoms with Gasteiger partial charge in [-0.15, -0.1) is 0 Å². The Hall–Kier alpha value is -3.22. The van der Waals surface area contributed by atoms with Gasteiger partial charge in [0.15, 0.2) is 6.10 Å². The van der Waals surface area contributed by atoms with Crippen molar-refractivity contribution in [2.24, 2.45) is 5.10 Å². The average molecular weight is 313 g/mol. The molecule has 7 heteroatoms. The molecular formula is C16H15N3O4. The van der Waals surface area contributed by atoms with E-state index >= 15 is 0 Å². The molecule has 0 aliphatic carbocycles. The Kier molecular flexibility index (Phi) is 5.40. The number of aliphatic carboxylic acids is 1. The average Bonchev–Trinajstić information content (AvgIpc) is 2.57. The highest BCUT2D eigenvalue weighted by molar-refractivity contribution is 5.93. The van der Waals surface area contributed by atoms with E-state index in [4.69, 9.17) is 9.84 Å². The van der Waals surface area contributed by atoms with E-state index in [0.29, 0.717) is 5.75 Å². The van der Waals surface area contributed by atoms with E-state index in [1.807, 2.05) is 0 Å². The van der Waals surface area contributed by atoms with Gasteiger partial charge in [0, 0.05) is 6.20 Å². The largest absolute Gasteiger partial charge is 0.479 e. The van der Waals surface area contributed by atoms with Crippen LogP contribution in [0.2, 0.25) is 0 Å². The quantitative estimate of drug-likeness (QED) is 0.624. The number of hydrazone groups is 1. The van der Waals surface area contributed by atoms with Gasteiger partial charge in [-0.1, -0.05) is 6.07 Å². The Balaban J connectivity index is 1.90. The van der Waals surface area contributed by atoms with Crippen molar-refractivity contribution in [2.75, 3.05) is 0 Å². The van der Waals surface area contributed by atoms with E-state index in [1.165, 1.54) is 19.3 Å². The van der Waals surface area contributed by atoms with Crippen molar-refractivity contribution < 1.29 is 19.4 Å². The number of hydrogen-bond donors (Lipinski definition) is 2. The number of nitrogens with one attached hydrogen (secondary N) is 1. The Morgan fingerprint density at radius 3 is 2.61 bits per heavy atom. The van der Waals surface area contributed by atoms with Crippen LogP contribution in [-0.2, 0) is 4.79 Å². The van der Waals surface area contributed by atoms with Crippen LogP contribution in [0.25, 0.3) is 0 Å². The number of aromatic nitrogens is 1. The van der Waals surface area contributed by atoms with Gasteiger partial charge >= 0.3 is 5.97 Å². The van der Waals surface area contributed by atoms with Crippen LogP contribution in [-0.4, -0.2) is 34.3 Å². The molecule has 0 aliphatic rings. The molecule has 2 N–H and O–H groups in total. The first-order chi connectivity index (χ1) is 11.1. The molecule has 7 nitrogen and oxygen atoms in total. The second-order valence-corrected chi connectivity index (χ2v) is 4.58. The lowest BCUT2D eigenvalue weighted by molar-refractivity contribution is -0.144. The third-order valence-corrected chi connectivity index (χ3v) is 2.82. The summed E-state index contributed by atoms with van der Waals surface area (Å²) in [6.07, 6.45) is 2.06. The van der Waals surface area contributed by atoms with E-state index in [1.54, 1.807) is 42.5 Å². The number of hydrogen-bond acceptors (Lipinski definition) is 5. The standard InChI is InChI=1S/C16H15N3O4/c1-11(16(21)22)23-13-7-5-12(6-8-13)10-18-19-15(20)14-4-2-3-9-17-14/h2-11H,1H3,(H,19,20)(H,21,22)/b18-10+. The van der Waals surface area contributed by atoms with Gasteiger partial charge in [-0.25, -0.2) is 10.2 Å². The maximum Gasteiger partial charge on any atom is 0.344 e. The van der Waals surface area contributed by atoms with Crippen LogP contribution in [0.1, 0.15) is 23.0 Å². The molecule has 118 valence electrons. The number of carboxylic acids is 1. The summed E-state index contributed by atoms with van der Waals surface area (Å²) in [5, 5.41) is 12.6. The fourth-order valence-electron chi connectivity index (χ4n) is 1.61. The first-order valence-corrected chi connectivity index (χ1v) is 6.80. The van der Waals surface area contributed by atoms with Gasteiger partial charge in [0.1, 0.15) is 11.4 Å². The Labute approximate surface area is 132 Å². The Morgan fingerprint density at radius 2 is 2.00 bits per heavy atom. The lowest BCUT2D eigenvalue weighted by Gasteiger charge is -2.09. The normalized spacial score (nSPS) is 11.9. The minimum absolute atomic E-state index is 0.274. The van der Waals surface area contributed by atoms with Crippen molar-refractivity contribution in [3.8, 4) is 5.75 Å². The van der Waals surface area contributed by atoms with Gasteiger partial charge in [-0.3, -0.25) is 9.78 Å². The number of pyridine rings is 1. The van der Waals surface area contributed by atoms with Gasteiger partial charge < -0.3 is 9.84 Å². The first kappa shape index (κ1) is 16.2. The van der Waals surface area contributed by atoms with Crippen molar-refractivity contribution in [3.05, 3.63) is 59.9 Å². The second kappa shape index (κ2) is 7.69. The Morgan fingerprint density at radius 1 is 1.26 bits per heavy atom. The molecule has 1 unspecified atom stereocenters. The minimum atomic E-state index is -1.03. The number of rotatable bonds is 6. The van der Waals surface area contributed by atoms with Gasteiger partial charge in [-0.05, 0) is 48.9 Å². The monoisotopic (exact) mass is 313 g/mol. The molecule has 0 bridgehead atoms. The maximum atomic E-state index is 11.7. The van der Waals surface area contributed by atoms with E-state index in [0.717, 1.165) is 5.56 Å². The number of carbonyl (C=O) groups excluding carboxylic acids is 1. The molecule has 23 heavy (non-hydrogen) atoms. The molecule has 1 atom stereocenters. The zero-order valence-corrected chi connectivity index (χ0v) is 12.3. The number of ether oxygens (including phenoxy) is 1. The topological polar surface area (TPSA) is 101 Å². The summed E-state index contributed by atoms with van der Waals surface area (Å²) in [5.74, 6) is -1.00. The smallest absolute Gasteiger partial charge is 0.344 e. The van der Waals surface area contributed by atoms with Crippen molar-refractivity contribution >= 4 is 18.1 Å². The molecule has 0 spiro atoms. The van der Waals surface area contributed by atoms with Crippen LogP contribution in [0.15, 0.2) is 53.8 Å². The molecule has 1 heterocycles. The molecular weight excluding hydrogens is 298 g/mol. The zero-order valence-electron chi connectivity index (χ0n) is 12.3. The number of nitrogens with zero attached hydrogens (tertiary/aromatic N) is 2. The van der Waals surface area contributed by atoms with E-state index in [2.05, 4.69) is 15.5 Å². The zero-order chi connectivity index (χ0) is 16.7. The number of amides is 1. The predicted molar refractivity (Wildman–Crippen MR) is 83.5 cm³/mol. The summed E-state index contributed by atoms with van der Waals surface area (Å²) in [6, 6.07) is 11.7. The molecule has 0 radical (unpaired) electrons. The molecule has 1 aromatic heterocycles. The first-order valence-electron chi connectivity index (χ1n) is 6.80. The third-order valence-electron chi connectivity index (χ3n) is 2.82. The fourth-order valence-corrected chi connectivity index (χ4v) is 1.61. The van der Waals surface area contributed by atoms with E-state index in [-0.39, 0.29) is 5.69 Å². The highest BCUT2D eigenvalue weighted by atomic mass is 16.5. The van der Waals surface area contributed by atoms with Crippen molar-refractivity contribution in [1.82, 2.24) is 10.4 Å². The molecule has 0 aliphatic heterocycles. The van der Waals surface area contributed by atoms with Crippen LogP contribution in [0.3, 0.4) is 0 Å². The summed E-state index contributed by atoms with van der Waals surface area (Å²) >= 11 is 0. The number of carboxylic acid groups (broad SMARTS) is 1. The van der Waals surface area contributed by atoms with Gasteiger partial charge in [-0.2, -0.15) is 5.10 Å². The maximum absolute atomic E-state index is 11.7. The Bertz CT molecular complexity index is 699. The fraction of sp³-hybridized carbons (Fsp3) is 0.125. The number of benzene rings is 1. The van der Waals surface area contributed by atoms with Crippen LogP contribution in [0.4, 0.5) is 0 Å². The SMILES string of the molecule is CC(Oc1ccc(/C=N/NC(=O)c2ccccn2)cc1)C(=O)O. The molecule has 0 saturated carbocycles. The minimum Gasteiger partial charge on any atom is -0.479 e. The predicted octanol–water partition coefficient (Wildman–Crippen LogP) is 1.70. The van der Waals surface area contributed by atoms with Gasteiger partial charge in [0.2, 0.25) is 0 Å². The summed E-state index contributed by atoms with van der Waals surface area (Å²) < 4.78 is 5.21. The van der Waals surface area contributed by atoms with Crippen LogP contribution < -0.4 is 10.2 Å². The van der Waals surface area contributed by atoms with Gasteiger partial charge in [0.05, 0.1) is 6.21 Å². The molecule has 2 rings (SSSR count). The molecule has 0 fully saturated rings. The summed E-state index contributed by atoms with van der Waals surface area (Å²) in [7, 11) is 0. The number of carbonyl (C=O) groups is 2. The lowest BCUT2D eigenvalue weighted by Crippen LogP contribution is -2.22. The summed E-state index contributed by atoms with van der Waals surface area (Å²) in [5.41, 5.74) is 3.37. The summed E-state index contributed by atoms with van der Waals surface area (Å²) in [4.78, 5) is 26.3. The highest BCUT2D eigenvalue weighted by Gasteiger charge is 2.11. The van der Waals surface area contributed by atoms with Crippen LogP contribution >= 0.6 is 0 Å². The highest BCUT2D eigenvalue weighted by Crippen LogP contribution is 2.13. The second-order valence-electron chi connectivity index (χ2n) is 4.58. The van der Waals surface area contributed by atoms with Crippen LogP contribution in [0, 0.1) is 0 Å². The molecule has 2 aromatic rings. The van der Waals surface area contributed by atoms with Gasteiger partial charge in [0.25, 0.3) is 5.91 Å². The van der Waals surface area contributed by atoms with E-state index < -0.39 is 18.0 Å². The summed E-state index contributed by atoms with van der Waals surface area (Å²) in [6.45, 7) is 1.45. The van der Waals surface area contributed by atoms with Crippen molar-refractivity contribution in [2.45, 2.75) is 13.0 Å². The van der Waals surface area contributed by atoms with E-state index in [9.17, 15) is 9.59 Å². The van der Waals surface area contributed by atoms with Crippen molar-refractivity contribution in [1.29, 1.82) is 0 Å². The lowest BCUT2D eigenvalue weighted by atomic mass is 10.2. The van der Waals surface area contributed by atoms with Crippen molar-refractivity contribution in [3.63, 3.8) is 0 Å². The molecule has 1 amide bonds.